The summed E-state index contributed by atoms with van der Waals surface area (Å²) in [6.45, 7) is 8.90. The van der Waals surface area contributed by atoms with E-state index < -0.39 is 26.4 Å². The van der Waals surface area contributed by atoms with Crippen molar-refractivity contribution < 1.29 is 32.5 Å². The first kappa shape index (κ1) is 28.6. The van der Waals surface area contributed by atoms with E-state index in [4.69, 9.17) is 4.74 Å². The van der Waals surface area contributed by atoms with Crippen molar-refractivity contribution >= 4 is 25.4 Å². The summed E-state index contributed by atoms with van der Waals surface area (Å²) in [5, 5.41) is 17.3. The molecule has 1 saturated heterocycles. The van der Waals surface area contributed by atoms with Gasteiger partial charge in [0, 0.05) is 56.5 Å². The van der Waals surface area contributed by atoms with Gasteiger partial charge in [-0.3, -0.25) is 4.79 Å². The standard InChI is InChI=1S/C27H33F3N4O4Si/c1-39(2,3)15-14-37-18-34-25(10-12-31-34)23-16-19(4-9-24(23)33-13-11-21(35)17-33)26(36)32-20-5-7-22(8-6-20)38-27(28,29)30/h4-10,12,16,21,35H,11,13-15,17-18H2,1-3H3,(H,32,36). The lowest BCUT2D eigenvalue weighted by Gasteiger charge is -2.23. The van der Waals surface area contributed by atoms with Crippen molar-refractivity contribution in [2.75, 3.05) is 29.9 Å². The van der Waals surface area contributed by atoms with Crippen molar-refractivity contribution in [2.45, 2.75) is 51.3 Å². The number of halogens is 3. The summed E-state index contributed by atoms with van der Waals surface area (Å²) in [5.41, 5.74) is 3.07. The Morgan fingerprint density at radius 3 is 2.54 bits per heavy atom. The number of aliphatic hydroxyl groups excluding tert-OH is 1. The van der Waals surface area contributed by atoms with Crippen LogP contribution in [0.15, 0.2) is 54.7 Å². The molecule has 0 saturated carbocycles. The normalized spacial score (nSPS) is 16.0. The molecule has 1 aromatic heterocycles. The molecular formula is C27H33F3N4O4Si. The topological polar surface area (TPSA) is 88.9 Å². The van der Waals surface area contributed by atoms with Gasteiger partial charge in [0.05, 0.1) is 11.8 Å². The third kappa shape index (κ3) is 8.07. The van der Waals surface area contributed by atoms with Gasteiger partial charge in [0.2, 0.25) is 0 Å². The Hall–Kier alpha value is -3.35. The van der Waals surface area contributed by atoms with E-state index in [0.29, 0.717) is 37.4 Å². The SMILES string of the molecule is C[Si](C)(C)CCOCn1nccc1-c1cc(C(=O)Nc2ccc(OC(F)(F)F)cc2)ccc1N1CCC(O)C1. The minimum Gasteiger partial charge on any atom is -0.406 e. The highest BCUT2D eigenvalue weighted by Crippen LogP contribution is 2.34. The Bertz CT molecular complexity index is 1280. The number of aromatic nitrogens is 2. The second-order valence-electron chi connectivity index (χ2n) is 10.7. The third-order valence-electron chi connectivity index (χ3n) is 6.31. The summed E-state index contributed by atoms with van der Waals surface area (Å²) in [6, 6.07) is 13.1. The van der Waals surface area contributed by atoms with Gasteiger partial charge in [-0.2, -0.15) is 5.10 Å². The van der Waals surface area contributed by atoms with E-state index in [1.807, 2.05) is 12.1 Å². The summed E-state index contributed by atoms with van der Waals surface area (Å²) in [7, 11) is -1.24. The quantitative estimate of drug-likeness (QED) is 0.248. The Morgan fingerprint density at radius 1 is 1.15 bits per heavy atom. The molecule has 39 heavy (non-hydrogen) atoms. The molecule has 210 valence electrons. The maximum absolute atomic E-state index is 13.1. The van der Waals surface area contributed by atoms with Crippen LogP contribution in [-0.4, -0.2) is 61.0 Å². The van der Waals surface area contributed by atoms with E-state index in [1.54, 1.807) is 23.0 Å². The highest BCUT2D eigenvalue weighted by molar-refractivity contribution is 6.76. The minimum absolute atomic E-state index is 0.262. The molecule has 1 unspecified atom stereocenters. The molecule has 8 nitrogen and oxygen atoms in total. The van der Waals surface area contributed by atoms with Crippen LogP contribution in [0.5, 0.6) is 5.75 Å². The predicted molar refractivity (Wildman–Crippen MR) is 146 cm³/mol. The van der Waals surface area contributed by atoms with Crippen molar-refractivity contribution in [1.29, 1.82) is 0 Å². The molecule has 1 amide bonds. The first-order chi connectivity index (χ1) is 18.4. The number of alkyl halides is 3. The molecule has 12 heteroatoms. The van der Waals surface area contributed by atoms with Gasteiger partial charge in [-0.25, -0.2) is 4.68 Å². The number of carbonyl (C=O) groups is 1. The predicted octanol–water partition coefficient (Wildman–Crippen LogP) is 5.58. The zero-order chi connectivity index (χ0) is 28.2. The Balaban J connectivity index is 1.56. The molecule has 2 N–H and O–H groups in total. The zero-order valence-corrected chi connectivity index (χ0v) is 23.2. The van der Waals surface area contributed by atoms with Crippen molar-refractivity contribution in [3.8, 4) is 17.0 Å². The number of anilines is 2. The smallest absolute Gasteiger partial charge is 0.406 e. The number of rotatable bonds is 10. The number of carbonyl (C=O) groups excluding carboxylic acids is 1. The maximum atomic E-state index is 13.1. The Kier molecular flexibility index (Phi) is 8.67. The van der Waals surface area contributed by atoms with E-state index in [9.17, 15) is 23.1 Å². The summed E-state index contributed by atoms with van der Waals surface area (Å²) >= 11 is 0. The van der Waals surface area contributed by atoms with E-state index in [2.05, 4.69) is 39.7 Å². The van der Waals surface area contributed by atoms with Crippen LogP contribution in [0.4, 0.5) is 24.5 Å². The van der Waals surface area contributed by atoms with Gasteiger partial charge in [0.25, 0.3) is 5.91 Å². The molecule has 1 aliphatic rings. The van der Waals surface area contributed by atoms with Gasteiger partial charge >= 0.3 is 6.36 Å². The molecular weight excluding hydrogens is 529 g/mol. The van der Waals surface area contributed by atoms with Crippen LogP contribution >= 0.6 is 0 Å². The van der Waals surface area contributed by atoms with E-state index in [0.717, 1.165) is 35.1 Å². The molecule has 0 radical (unpaired) electrons. The van der Waals surface area contributed by atoms with Crippen LogP contribution in [-0.2, 0) is 11.5 Å². The molecule has 1 aliphatic heterocycles. The van der Waals surface area contributed by atoms with Crippen LogP contribution in [0, 0.1) is 0 Å². The van der Waals surface area contributed by atoms with Gasteiger partial charge in [0.1, 0.15) is 12.5 Å². The summed E-state index contributed by atoms with van der Waals surface area (Å²) in [6.07, 6.45) is -2.90. The first-order valence-electron chi connectivity index (χ1n) is 12.7. The number of hydrogen-bond donors (Lipinski definition) is 2. The van der Waals surface area contributed by atoms with Crippen LogP contribution in [0.3, 0.4) is 0 Å². The summed E-state index contributed by atoms with van der Waals surface area (Å²) in [5.74, 6) is -0.800. The number of hydrogen-bond acceptors (Lipinski definition) is 6. The lowest BCUT2D eigenvalue weighted by Crippen LogP contribution is -2.23. The van der Waals surface area contributed by atoms with Gasteiger partial charge in [-0.1, -0.05) is 19.6 Å². The van der Waals surface area contributed by atoms with Crippen molar-refractivity contribution in [2.24, 2.45) is 0 Å². The fourth-order valence-corrected chi connectivity index (χ4v) is 5.01. The van der Waals surface area contributed by atoms with Gasteiger partial charge in [-0.05, 0) is 61.0 Å². The van der Waals surface area contributed by atoms with Crippen molar-refractivity contribution in [3.63, 3.8) is 0 Å². The Morgan fingerprint density at radius 2 is 1.90 bits per heavy atom. The van der Waals surface area contributed by atoms with Gasteiger partial charge in [-0.15, -0.1) is 13.2 Å². The van der Waals surface area contributed by atoms with Gasteiger partial charge < -0.3 is 24.8 Å². The van der Waals surface area contributed by atoms with E-state index >= 15 is 0 Å². The third-order valence-corrected chi connectivity index (χ3v) is 8.02. The van der Waals surface area contributed by atoms with E-state index in [1.165, 1.54) is 12.1 Å². The molecule has 3 aromatic rings. The monoisotopic (exact) mass is 562 g/mol. The van der Waals surface area contributed by atoms with E-state index in [-0.39, 0.29) is 12.5 Å². The molecule has 4 rings (SSSR count). The highest BCUT2D eigenvalue weighted by atomic mass is 28.3. The number of amides is 1. The first-order valence-corrected chi connectivity index (χ1v) is 16.4. The number of benzene rings is 2. The molecule has 0 aliphatic carbocycles. The molecule has 0 bridgehead atoms. The number of β-amino-alcohol motifs (C(OH)–C–C–N with tert-alkyl or cyclic N) is 1. The minimum atomic E-state index is -4.79. The molecule has 1 atom stereocenters. The fourth-order valence-electron chi connectivity index (χ4n) is 4.26. The summed E-state index contributed by atoms with van der Waals surface area (Å²) < 4.78 is 48.9. The van der Waals surface area contributed by atoms with Crippen LogP contribution < -0.4 is 15.0 Å². The van der Waals surface area contributed by atoms with Crippen LogP contribution in [0.1, 0.15) is 16.8 Å². The lowest BCUT2D eigenvalue weighted by atomic mass is 10.0. The number of nitrogens with one attached hydrogen (secondary N) is 1. The van der Waals surface area contributed by atoms with Crippen LogP contribution in [0.25, 0.3) is 11.3 Å². The zero-order valence-electron chi connectivity index (χ0n) is 22.2. The second-order valence-corrected chi connectivity index (χ2v) is 16.3. The number of ether oxygens (including phenoxy) is 2. The molecule has 1 fully saturated rings. The highest BCUT2D eigenvalue weighted by Gasteiger charge is 2.31. The number of aliphatic hydroxyl groups is 1. The maximum Gasteiger partial charge on any atom is 0.573 e. The molecule has 2 aromatic carbocycles. The number of nitrogens with zero attached hydrogens (tertiary/aromatic N) is 3. The lowest BCUT2D eigenvalue weighted by molar-refractivity contribution is -0.274. The second kappa shape index (κ2) is 11.8. The van der Waals surface area contributed by atoms with Crippen LogP contribution in [0.2, 0.25) is 25.7 Å². The molecule has 2 heterocycles. The van der Waals surface area contributed by atoms with Gasteiger partial charge in [0.15, 0.2) is 0 Å². The average molecular weight is 563 g/mol. The largest absolute Gasteiger partial charge is 0.573 e. The summed E-state index contributed by atoms with van der Waals surface area (Å²) in [4.78, 5) is 15.2. The van der Waals surface area contributed by atoms with Crippen molar-refractivity contribution in [3.05, 3.63) is 60.3 Å². The van der Waals surface area contributed by atoms with Crippen molar-refractivity contribution in [1.82, 2.24) is 9.78 Å². The molecule has 0 spiro atoms. The average Bonchev–Trinajstić information content (AvgIpc) is 3.50. The Labute approximate surface area is 226 Å². The fraction of sp³-hybridized carbons (Fsp3) is 0.407.